The molecule has 0 bridgehead atoms. The van der Waals surface area contributed by atoms with Crippen LogP contribution in [-0.4, -0.2) is 46.0 Å². The second-order valence-electron chi connectivity index (χ2n) is 4.66. The molecule has 0 radical (unpaired) electrons. The summed E-state index contributed by atoms with van der Waals surface area (Å²) in [6.07, 6.45) is 3.18. The van der Waals surface area contributed by atoms with Crippen molar-refractivity contribution >= 4 is 5.91 Å². The zero-order chi connectivity index (χ0) is 15.2. The molecule has 0 aliphatic rings. The van der Waals surface area contributed by atoms with E-state index in [-0.39, 0.29) is 19.1 Å². The fraction of sp³-hybridized carbons (Fsp3) is 0.333. The van der Waals surface area contributed by atoms with Gasteiger partial charge in [-0.05, 0) is 6.07 Å². The minimum absolute atomic E-state index is 0.0961. The average Bonchev–Trinajstić information content (AvgIpc) is 2.93. The van der Waals surface area contributed by atoms with Gasteiger partial charge in [-0.15, -0.1) is 0 Å². The number of benzene rings is 1. The molecule has 0 atom stereocenters. The van der Waals surface area contributed by atoms with Crippen molar-refractivity contribution in [2.24, 2.45) is 7.05 Å². The normalized spacial score (nSPS) is 10.4. The first-order valence-electron chi connectivity index (χ1n) is 6.66. The third kappa shape index (κ3) is 3.61. The summed E-state index contributed by atoms with van der Waals surface area (Å²) in [5, 5.41) is 13.2. The highest BCUT2D eigenvalue weighted by Crippen LogP contribution is 2.20. The van der Waals surface area contributed by atoms with Crippen LogP contribution in [0.1, 0.15) is 15.9 Å². The molecular formula is C15H19N3O3. The molecule has 6 heteroatoms. The molecule has 112 valence electrons. The molecule has 0 aliphatic heterocycles. The van der Waals surface area contributed by atoms with Crippen LogP contribution in [-0.2, 0) is 13.6 Å². The smallest absolute Gasteiger partial charge is 0.257 e. The van der Waals surface area contributed by atoms with Crippen molar-refractivity contribution in [1.82, 2.24) is 14.7 Å². The summed E-state index contributed by atoms with van der Waals surface area (Å²) in [5.41, 5.74) is 1.39. The van der Waals surface area contributed by atoms with Crippen molar-refractivity contribution in [1.29, 1.82) is 0 Å². The molecule has 2 rings (SSSR count). The molecule has 0 spiro atoms. The highest BCUT2D eigenvalue weighted by molar-refractivity contribution is 5.93. The minimum Gasteiger partial charge on any atom is -0.496 e. The molecule has 6 nitrogen and oxygen atoms in total. The minimum atomic E-state index is -0.164. The summed E-state index contributed by atoms with van der Waals surface area (Å²) in [5.74, 6) is 0.558. The molecule has 1 N–H and O–H groups in total. The van der Waals surface area contributed by atoms with E-state index in [1.165, 1.54) is 6.20 Å². The topological polar surface area (TPSA) is 67.6 Å². The third-order valence-corrected chi connectivity index (χ3v) is 3.16. The predicted molar refractivity (Wildman–Crippen MR) is 78.0 cm³/mol. The van der Waals surface area contributed by atoms with Gasteiger partial charge in [-0.1, -0.05) is 18.2 Å². The van der Waals surface area contributed by atoms with Crippen LogP contribution in [0.3, 0.4) is 0 Å². The van der Waals surface area contributed by atoms with Gasteiger partial charge in [0.15, 0.2) is 0 Å². The standard InChI is InChI=1S/C15H19N3O3/c1-17-10-13(9-16-17)15(20)18(7-8-19)11-12-5-3-4-6-14(12)21-2/h3-6,9-10,19H,7-8,11H2,1-2H3. The van der Waals surface area contributed by atoms with Gasteiger partial charge in [0.25, 0.3) is 5.91 Å². The largest absolute Gasteiger partial charge is 0.496 e. The quantitative estimate of drug-likeness (QED) is 0.863. The summed E-state index contributed by atoms with van der Waals surface area (Å²) in [6, 6.07) is 7.52. The van der Waals surface area contributed by atoms with Crippen molar-refractivity contribution in [2.45, 2.75) is 6.54 Å². The molecule has 0 saturated heterocycles. The molecule has 1 aromatic heterocycles. The number of carbonyl (C=O) groups excluding carboxylic acids is 1. The predicted octanol–water partition coefficient (Wildman–Crippen LogP) is 1.06. The van der Waals surface area contributed by atoms with Gasteiger partial charge in [0.1, 0.15) is 5.75 Å². The molecule has 1 amide bonds. The molecule has 2 aromatic rings. The van der Waals surface area contributed by atoms with Gasteiger partial charge in [0.05, 0.1) is 25.5 Å². The molecule has 1 aromatic carbocycles. The number of aliphatic hydroxyl groups is 1. The fourth-order valence-corrected chi connectivity index (χ4v) is 2.13. The number of rotatable bonds is 6. The fourth-order valence-electron chi connectivity index (χ4n) is 2.13. The van der Waals surface area contributed by atoms with E-state index in [1.807, 2.05) is 24.3 Å². The van der Waals surface area contributed by atoms with E-state index in [1.54, 1.807) is 29.9 Å². The lowest BCUT2D eigenvalue weighted by atomic mass is 10.1. The number of amides is 1. The van der Waals surface area contributed by atoms with E-state index in [9.17, 15) is 9.90 Å². The number of hydrogen-bond acceptors (Lipinski definition) is 4. The Morgan fingerprint density at radius 1 is 1.43 bits per heavy atom. The lowest BCUT2D eigenvalue weighted by molar-refractivity contribution is 0.0706. The Bertz CT molecular complexity index is 610. The summed E-state index contributed by atoms with van der Waals surface area (Å²) in [4.78, 5) is 14.1. The van der Waals surface area contributed by atoms with Crippen molar-refractivity contribution < 1.29 is 14.6 Å². The van der Waals surface area contributed by atoms with E-state index in [0.29, 0.717) is 12.1 Å². The van der Waals surface area contributed by atoms with E-state index in [4.69, 9.17) is 4.74 Å². The molecule has 0 aliphatic carbocycles. The molecule has 0 saturated carbocycles. The van der Waals surface area contributed by atoms with Gasteiger partial charge in [-0.2, -0.15) is 5.10 Å². The number of aryl methyl sites for hydroxylation is 1. The van der Waals surface area contributed by atoms with Crippen LogP contribution in [0.25, 0.3) is 0 Å². The molecule has 21 heavy (non-hydrogen) atoms. The van der Waals surface area contributed by atoms with Crippen molar-refractivity contribution in [2.75, 3.05) is 20.3 Å². The van der Waals surface area contributed by atoms with Gasteiger partial charge in [-0.3, -0.25) is 9.48 Å². The highest BCUT2D eigenvalue weighted by Gasteiger charge is 2.18. The first-order chi connectivity index (χ1) is 10.2. The molecular weight excluding hydrogens is 270 g/mol. The summed E-state index contributed by atoms with van der Waals surface area (Å²) in [6.45, 7) is 0.533. The van der Waals surface area contributed by atoms with Crippen LogP contribution in [0.4, 0.5) is 0 Å². The SMILES string of the molecule is COc1ccccc1CN(CCO)C(=O)c1cnn(C)c1. The molecule has 0 fully saturated rings. The maximum Gasteiger partial charge on any atom is 0.257 e. The number of hydrogen-bond donors (Lipinski definition) is 1. The van der Waals surface area contributed by atoms with E-state index in [0.717, 1.165) is 11.3 Å². The van der Waals surface area contributed by atoms with Crippen LogP contribution in [0.5, 0.6) is 5.75 Å². The van der Waals surface area contributed by atoms with Crippen molar-refractivity contribution in [3.8, 4) is 5.75 Å². The maximum absolute atomic E-state index is 12.5. The molecule has 0 unspecified atom stereocenters. The van der Waals surface area contributed by atoms with Gasteiger partial charge >= 0.3 is 0 Å². The number of aromatic nitrogens is 2. The van der Waals surface area contributed by atoms with Crippen LogP contribution >= 0.6 is 0 Å². The number of carbonyl (C=O) groups is 1. The van der Waals surface area contributed by atoms with Crippen LogP contribution in [0, 0.1) is 0 Å². The second kappa shape index (κ2) is 6.90. The van der Waals surface area contributed by atoms with E-state index < -0.39 is 0 Å². The summed E-state index contributed by atoms with van der Waals surface area (Å²) in [7, 11) is 3.35. The van der Waals surface area contributed by atoms with Gasteiger partial charge < -0.3 is 14.7 Å². The zero-order valence-electron chi connectivity index (χ0n) is 12.2. The number of nitrogens with zero attached hydrogens (tertiary/aromatic N) is 3. The van der Waals surface area contributed by atoms with Gasteiger partial charge in [-0.25, -0.2) is 0 Å². The van der Waals surface area contributed by atoms with Crippen LogP contribution < -0.4 is 4.74 Å². The van der Waals surface area contributed by atoms with E-state index in [2.05, 4.69) is 5.10 Å². The van der Waals surface area contributed by atoms with Crippen molar-refractivity contribution in [3.63, 3.8) is 0 Å². The molecule has 1 heterocycles. The summed E-state index contributed by atoms with van der Waals surface area (Å²) >= 11 is 0. The second-order valence-corrected chi connectivity index (χ2v) is 4.66. The number of methoxy groups -OCH3 is 1. The Morgan fingerprint density at radius 2 is 2.19 bits per heavy atom. The Morgan fingerprint density at radius 3 is 2.81 bits per heavy atom. The van der Waals surface area contributed by atoms with Gasteiger partial charge in [0.2, 0.25) is 0 Å². The number of aliphatic hydroxyl groups excluding tert-OH is 1. The lowest BCUT2D eigenvalue weighted by Crippen LogP contribution is -2.33. The summed E-state index contributed by atoms with van der Waals surface area (Å²) < 4.78 is 6.87. The Labute approximate surface area is 123 Å². The first-order valence-corrected chi connectivity index (χ1v) is 6.66. The maximum atomic E-state index is 12.5. The number of ether oxygens (including phenoxy) is 1. The Balaban J connectivity index is 2.21. The highest BCUT2D eigenvalue weighted by atomic mass is 16.5. The zero-order valence-corrected chi connectivity index (χ0v) is 12.2. The van der Waals surface area contributed by atoms with Crippen LogP contribution in [0.15, 0.2) is 36.7 Å². The Kier molecular flexibility index (Phi) is 4.94. The number of para-hydroxylation sites is 1. The first kappa shape index (κ1) is 15.1. The van der Waals surface area contributed by atoms with Gasteiger partial charge in [0, 0.05) is 31.9 Å². The van der Waals surface area contributed by atoms with E-state index >= 15 is 0 Å². The Hall–Kier alpha value is -2.34. The monoisotopic (exact) mass is 289 g/mol. The van der Waals surface area contributed by atoms with Crippen molar-refractivity contribution in [3.05, 3.63) is 47.8 Å². The average molecular weight is 289 g/mol. The third-order valence-electron chi connectivity index (χ3n) is 3.16. The van der Waals surface area contributed by atoms with Crippen LogP contribution in [0.2, 0.25) is 0 Å². The lowest BCUT2D eigenvalue weighted by Gasteiger charge is -2.22.